The zero-order valence-corrected chi connectivity index (χ0v) is 27.9. The Hall–Kier alpha value is -2.24. The molecule has 8 nitrogen and oxygen atoms in total. The molecular formula is C32H48N2O6SSi. The number of aromatic nitrogens is 2. The monoisotopic (exact) mass is 616 g/mol. The highest BCUT2D eigenvalue weighted by Crippen LogP contribution is 2.40. The summed E-state index contributed by atoms with van der Waals surface area (Å²) in [4.78, 5) is 0. The van der Waals surface area contributed by atoms with Crippen molar-refractivity contribution >= 4 is 29.3 Å². The average molecular weight is 617 g/mol. The van der Waals surface area contributed by atoms with E-state index in [4.69, 9.17) is 23.6 Å². The zero-order valence-electron chi connectivity index (χ0n) is 26.1. The molecule has 42 heavy (non-hydrogen) atoms. The Morgan fingerprint density at radius 2 is 1.93 bits per heavy atom. The largest absolute Gasteiger partial charge is 0.543 e. The maximum atomic E-state index is 11.0. The van der Waals surface area contributed by atoms with Crippen molar-refractivity contribution < 1.29 is 26.9 Å². The summed E-state index contributed by atoms with van der Waals surface area (Å²) in [6.07, 6.45) is 5.41. The van der Waals surface area contributed by atoms with Crippen LogP contribution in [0, 0.1) is 5.92 Å². The van der Waals surface area contributed by atoms with Gasteiger partial charge in [-0.25, -0.2) is 4.68 Å². The molecule has 1 N–H and O–H groups in total. The Labute approximate surface area is 252 Å². The quantitative estimate of drug-likeness (QED) is 0.120. The van der Waals surface area contributed by atoms with E-state index >= 15 is 0 Å². The van der Waals surface area contributed by atoms with E-state index in [1.165, 1.54) is 5.56 Å². The molecule has 0 radical (unpaired) electrons. The van der Waals surface area contributed by atoms with Crippen molar-refractivity contribution in [1.29, 1.82) is 0 Å². The smallest absolute Gasteiger partial charge is 0.265 e. The maximum Gasteiger partial charge on any atom is 0.265 e. The van der Waals surface area contributed by atoms with Crippen LogP contribution in [0.5, 0.6) is 5.75 Å². The van der Waals surface area contributed by atoms with E-state index in [0.29, 0.717) is 19.6 Å². The van der Waals surface area contributed by atoms with E-state index in [1.54, 1.807) is 6.92 Å². The molecule has 2 heterocycles. The lowest BCUT2D eigenvalue weighted by Gasteiger charge is -2.36. The molecule has 1 aliphatic heterocycles. The van der Waals surface area contributed by atoms with E-state index in [2.05, 4.69) is 81.0 Å². The predicted octanol–water partition coefficient (Wildman–Crippen LogP) is 7.65. The van der Waals surface area contributed by atoms with E-state index in [-0.39, 0.29) is 22.9 Å². The average Bonchev–Trinajstić information content (AvgIpc) is 3.28. The number of nitrogens with zero attached hydrogens (tertiary/aromatic N) is 2. The molecule has 2 atom stereocenters. The van der Waals surface area contributed by atoms with Crippen LogP contribution in [0.1, 0.15) is 71.6 Å². The second kappa shape index (κ2) is 13.6. The van der Waals surface area contributed by atoms with Gasteiger partial charge in [-0.05, 0) is 92.4 Å². The van der Waals surface area contributed by atoms with Crippen molar-refractivity contribution in [2.24, 2.45) is 5.92 Å². The van der Waals surface area contributed by atoms with Crippen LogP contribution in [0.25, 0.3) is 22.2 Å². The predicted molar refractivity (Wildman–Crippen MR) is 171 cm³/mol. The molecule has 1 unspecified atom stereocenters. The van der Waals surface area contributed by atoms with Gasteiger partial charge in [0.15, 0.2) is 6.23 Å². The SMILES string of the molecule is C[C@H](CCOCCCc1cccc(-c2nn(C3CCCCO3)c3ccc(O[Si](C)(C)C(C)(C)C)cc23)c1)CS(=O)(=O)O. The van der Waals surface area contributed by atoms with Gasteiger partial charge in [0.25, 0.3) is 10.1 Å². The van der Waals surface area contributed by atoms with Gasteiger partial charge < -0.3 is 13.9 Å². The number of fused-ring (bicyclic) bond motifs is 1. The Kier molecular flexibility index (Phi) is 10.6. The fourth-order valence-corrected chi connectivity index (χ4v) is 6.97. The van der Waals surface area contributed by atoms with Gasteiger partial charge >= 0.3 is 0 Å². The van der Waals surface area contributed by atoms with Crippen molar-refractivity contribution in [1.82, 2.24) is 9.78 Å². The summed E-state index contributed by atoms with van der Waals surface area (Å²) in [5, 5.41) is 6.30. The third kappa shape index (κ3) is 8.66. The molecule has 0 bridgehead atoms. The van der Waals surface area contributed by atoms with Gasteiger partial charge in [0.1, 0.15) is 11.4 Å². The van der Waals surface area contributed by atoms with E-state index in [9.17, 15) is 8.42 Å². The Morgan fingerprint density at radius 3 is 2.62 bits per heavy atom. The lowest BCUT2D eigenvalue weighted by atomic mass is 10.0. The molecule has 1 fully saturated rings. The van der Waals surface area contributed by atoms with Crippen LogP contribution < -0.4 is 4.43 Å². The Morgan fingerprint density at radius 1 is 1.14 bits per heavy atom. The van der Waals surface area contributed by atoms with E-state index in [0.717, 1.165) is 66.6 Å². The first-order chi connectivity index (χ1) is 19.7. The normalized spacial score (nSPS) is 17.5. The topological polar surface area (TPSA) is 99.9 Å². The van der Waals surface area contributed by atoms with Gasteiger partial charge in [0.2, 0.25) is 8.32 Å². The minimum Gasteiger partial charge on any atom is -0.543 e. The number of ether oxygens (including phenoxy) is 2. The Balaban J connectivity index is 1.51. The number of benzene rings is 2. The van der Waals surface area contributed by atoms with Crippen LogP contribution in [-0.2, 0) is 26.0 Å². The molecule has 10 heteroatoms. The molecule has 4 rings (SSSR count). The zero-order chi connectivity index (χ0) is 30.5. The number of aryl methyl sites for hydroxylation is 1. The van der Waals surface area contributed by atoms with Gasteiger partial charge in [0, 0.05) is 30.8 Å². The molecule has 232 valence electrons. The summed E-state index contributed by atoms with van der Waals surface area (Å²) >= 11 is 0. The van der Waals surface area contributed by atoms with Crippen molar-refractivity contribution in [2.45, 2.75) is 90.6 Å². The van der Waals surface area contributed by atoms with Crippen LogP contribution >= 0.6 is 0 Å². The van der Waals surface area contributed by atoms with Crippen molar-refractivity contribution in [3.05, 3.63) is 48.0 Å². The Bertz CT molecular complexity index is 1440. The molecule has 0 amide bonds. The molecule has 1 saturated heterocycles. The third-order valence-corrected chi connectivity index (χ3v) is 13.8. The van der Waals surface area contributed by atoms with Gasteiger partial charge in [-0.3, -0.25) is 4.55 Å². The molecule has 2 aromatic carbocycles. The van der Waals surface area contributed by atoms with Crippen LogP contribution in [0.3, 0.4) is 0 Å². The molecule has 1 aromatic heterocycles. The fourth-order valence-electron chi connectivity index (χ4n) is 5.06. The molecule has 0 aliphatic carbocycles. The highest BCUT2D eigenvalue weighted by Gasteiger charge is 2.39. The molecular weight excluding hydrogens is 569 g/mol. The lowest BCUT2D eigenvalue weighted by Crippen LogP contribution is -2.43. The number of rotatable bonds is 13. The standard InChI is InChI=1S/C32H48N2O6SSi/c1-24(23-41(35,36)37)17-20-38-18-10-12-25-11-9-13-26(21-25)31-28-22-27(40-42(5,6)32(2,3)4)15-16-29(28)34(33-31)30-14-7-8-19-39-30/h9,11,13,15-16,21-22,24,30H,7-8,10,12,14,17-20,23H2,1-6H3,(H,35,36,37)/t24-,30?/m1/s1. The van der Waals surface area contributed by atoms with Gasteiger partial charge in [-0.15, -0.1) is 0 Å². The van der Waals surface area contributed by atoms with Gasteiger partial charge in [-0.1, -0.05) is 45.9 Å². The molecule has 0 spiro atoms. The summed E-state index contributed by atoms with van der Waals surface area (Å²) in [7, 11) is -5.95. The van der Waals surface area contributed by atoms with Crippen LogP contribution in [0.4, 0.5) is 0 Å². The van der Waals surface area contributed by atoms with Crippen LogP contribution in [-0.4, -0.2) is 56.6 Å². The van der Waals surface area contributed by atoms with Gasteiger partial charge in [0.05, 0.1) is 11.3 Å². The second-order valence-electron chi connectivity index (χ2n) is 13.2. The first-order valence-electron chi connectivity index (χ1n) is 15.2. The van der Waals surface area contributed by atoms with Crippen molar-refractivity contribution in [2.75, 3.05) is 25.6 Å². The van der Waals surface area contributed by atoms with E-state index in [1.807, 2.05) is 0 Å². The summed E-state index contributed by atoms with van der Waals surface area (Å²) in [5.41, 5.74) is 4.27. The minimum atomic E-state index is -3.94. The number of hydrogen-bond donors (Lipinski definition) is 1. The maximum absolute atomic E-state index is 11.0. The summed E-state index contributed by atoms with van der Waals surface area (Å²) in [5.74, 6) is 0.515. The number of hydrogen-bond acceptors (Lipinski definition) is 6. The second-order valence-corrected chi connectivity index (χ2v) is 19.4. The third-order valence-electron chi connectivity index (χ3n) is 8.49. The highest BCUT2D eigenvalue weighted by atomic mass is 32.2. The summed E-state index contributed by atoms with van der Waals surface area (Å²) < 4.78 is 51.7. The molecule has 0 saturated carbocycles. The first-order valence-corrected chi connectivity index (χ1v) is 19.7. The van der Waals surface area contributed by atoms with Crippen LogP contribution in [0.2, 0.25) is 18.1 Å². The van der Waals surface area contributed by atoms with Gasteiger partial charge in [-0.2, -0.15) is 13.5 Å². The summed E-state index contributed by atoms with van der Waals surface area (Å²) in [6, 6.07) is 14.9. The molecule has 1 aliphatic rings. The highest BCUT2D eigenvalue weighted by molar-refractivity contribution is 7.85. The minimum absolute atomic E-state index is 0.0669. The molecule has 3 aromatic rings. The first kappa shape index (κ1) is 32.7. The van der Waals surface area contributed by atoms with Crippen LogP contribution in [0.15, 0.2) is 42.5 Å². The lowest BCUT2D eigenvalue weighted by molar-refractivity contribution is -0.0365. The van der Waals surface area contributed by atoms with Crippen molar-refractivity contribution in [3.8, 4) is 17.0 Å². The fraction of sp³-hybridized carbons (Fsp3) is 0.594. The summed E-state index contributed by atoms with van der Waals surface area (Å²) in [6.45, 7) is 14.9. The van der Waals surface area contributed by atoms with E-state index < -0.39 is 18.4 Å². The van der Waals surface area contributed by atoms with Crippen molar-refractivity contribution in [3.63, 3.8) is 0 Å².